The van der Waals surface area contributed by atoms with Gasteiger partial charge in [-0.15, -0.1) is 0 Å². The molecule has 0 saturated heterocycles. The Kier molecular flexibility index (Phi) is 6.63. The van der Waals surface area contributed by atoms with Crippen molar-refractivity contribution in [3.8, 4) is 0 Å². The van der Waals surface area contributed by atoms with Crippen LogP contribution in [0.1, 0.15) is 100 Å². The molecule has 0 spiro atoms. The fourth-order valence-corrected chi connectivity index (χ4v) is 8.94. The molecule has 0 bridgehead atoms. The smallest absolute Gasteiger partial charge is 0.161 e. The van der Waals surface area contributed by atoms with Crippen LogP contribution in [-0.2, 0) is 0 Å². The Morgan fingerprint density at radius 2 is 1.67 bits per heavy atom. The summed E-state index contributed by atoms with van der Waals surface area (Å²) in [6, 6.07) is 0. The summed E-state index contributed by atoms with van der Waals surface area (Å²) < 4.78 is 0. The molecule has 4 rings (SSSR count). The van der Waals surface area contributed by atoms with Gasteiger partial charge >= 0.3 is 0 Å². The van der Waals surface area contributed by atoms with Crippen LogP contribution in [0.4, 0.5) is 0 Å². The Hall–Kier alpha value is -1.30. The van der Waals surface area contributed by atoms with Crippen LogP contribution in [0.25, 0.3) is 0 Å². The predicted octanol–water partition coefficient (Wildman–Crippen LogP) is 6.36. The molecule has 0 radical (unpaired) electrons. The first-order valence-corrected chi connectivity index (χ1v) is 14.0. The Balaban J connectivity index is 1.63. The van der Waals surface area contributed by atoms with Gasteiger partial charge in [-0.1, -0.05) is 53.7 Å². The number of rotatable bonds is 5. The first-order chi connectivity index (χ1) is 16.4. The van der Waals surface area contributed by atoms with E-state index in [1.807, 2.05) is 0 Å². The molecule has 0 aromatic carbocycles. The minimum atomic E-state index is -1.44. The van der Waals surface area contributed by atoms with E-state index in [1.165, 1.54) is 25.0 Å². The van der Waals surface area contributed by atoms with Gasteiger partial charge < -0.3 is 25.5 Å². The molecular formula is C31H50O5. The highest BCUT2D eigenvalue weighted by Crippen LogP contribution is 2.71. The van der Waals surface area contributed by atoms with E-state index in [1.54, 1.807) is 0 Å². The van der Waals surface area contributed by atoms with Gasteiger partial charge in [-0.2, -0.15) is 0 Å². The molecule has 5 heteroatoms. The average Bonchev–Trinajstić information content (AvgIpc) is 3.06. The quantitative estimate of drug-likeness (QED) is 0.282. The van der Waals surface area contributed by atoms with Gasteiger partial charge in [0.1, 0.15) is 11.4 Å². The molecule has 5 N–H and O–H groups in total. The number of allylic oxidation sites excluding steroid dienone is 4. The van der Waals surface area contributed by atoms with E-state index in [2.05, 4.69) is 53.7 Å². The topological polar surface area (TPSA) is 101 Å². The Labute approximate surface area is 218 Å². The molecule has 2 saturated carbocycles. The van der Waals surface area contributed by atoms with Gasteiger partial charge in [0.15, 0.2) is 5.76 Å². The van der Waals surface area contributed by atoms with E-state index < -0.39 is 17.8 Å². The molecule has 0 aliphatic heterocycles. The zero-order valence-corrected chi connectivity index (χ0v) is 23.7. The van der Waals surface area contributed by atoms with Gasteiger partial charge in [0.25, 0.3) is 0 Å². The second-order valence-electron chi connectivity index (χ2n) is 14.4. The summed E-state index contributed by atoms with van der Waals surface area (Å²) in [7, 11) is 0. The summed E-state index contributed by atoms with van der Waals surface area (Å²) in [5.41, 5.74) is 0.759. The maximum absolute atomic E-state index is 11.4. The van der Waals surface area contributed by atoms with E-state index in [-0.39, 0.29) is 39.1 Å². The lowest BCUT2D eigenvalue weighted by Gasteiger charge is -2.62. The number of hydrogen-bond donors (Lipinski definition) is 5. The van der Waals surface area contributed by atoms with Crippen LogP contribution in [0.15, 0.2) is 34.8 Å². The van der Waals surface area contributed by atoms with Crippen molar-refractivity contribution in [2.24, 2.45) is 39.4 Å². The minimum absolute atomic E-state index is 0.0109. The standard InChI is InChI=1S/C31H50O5/c1-18(9-11-22(32)26(35)28(4,5)36)19-13-15-30(7)20-10-12-23-27(2,3)24(33)17-25(34)31(23,8)21(20)14-16-29(19,30)6/h10,14,18-19,23-25,32-36H,9,11-13,15-17H2,1-8H3/b26-22+/t18-,19-,23+,24-,25+,29-,30+,31+/m0/s1. The number of hydrogen-bond acceptors (Lipinski definition) is 5. The molecule has 0 aromatic heterocycles. The molecule has 0 aromatic rings. The predicted molar refractivity (Wildman–Crippen MR) is 143 cm³/mol. The molecule has 2 fully saturated rings. The third-order valence-corrected chi connectivity index (χ3v) is 11.8. The molecule has 4 aliphatic rings. The Morgan fingerprint density at radius 1 is 1.03 bits per heavy atom. The van der Waals surface area contributed by atoms with Crippen LogP contribution in [0.3, 0.4) is 0 Å². The lowest BCUT2D eigenvalue weighted by Crippen LogP contribution is -2.60. The summed E-state index contributed by atoms with van der Waals surface area (Å²) in [6.45, 7) is 16.6. The minimum Gasteiger partial charge on any atom is -0.509 e. The summed E-state index contributed by atoms with van der Waals surface area (Å²) in [5.74, 6) is 0.567. The van der Waals surface area contributed by atoms with Gasteiger partial charge in [-0.3, -0.25) is 0 Å². The monoisotopic (exact) mass is 502 g/mol. The van der Waals surface area contributed by atoms with E-state index in [4.69, 9.17) is 0 Å². The molecule has 4 aliphatic carbocycles. The van der Waals surface area contributed by atoms with Crippen LogP contribution in [-0.4, -0.2) is 43.3 Å². The summed E-state index contributed by atoms with van der Waals surface area (Å²) in [5, 5.41) is 52.7. The third-order valence-electron chi connectivity index (χ3n) is 11.8. The van der Waals surface area contributed by atoms with Crippen molar-refractivity contribution in [1.82, 2.24) is 0 Å². The highest BCUT2D eigenvalue weighted by atomic mass is 16.3. The second kappa shape index (κ2) is 8.61. The van der Waals surface area contributed by atoms with Crippen molar-refractivity contribution < 1.29 is 25.5 Å². The van der Waals surface area contributed by atoms with E-state index in [0.717, 1.165) is 32.1 Å². The first-order valence-electron chi connectivity index (χ1n) is 14.0. The molecule has 204 valence electrons. The van der Waals surface area contributed by atoms with E-state index >= 15 is 0 Å². The molecule has 0 heterocycles. The SMILES string of the molecule is C[C@@H](CC/C(O)=C(\O)C(C)(C)O)[C@@H]1CC[C@]2(C)C3=CC[C@@H]4C(C)(C)[C@@H](O)C[C@@H](O)[C@]4(C)C3=CC[C@@]12C. The zero-order chi connectivity index (χ0) is 27.1. The van der Waals surface area contributed by atoms with Crippen LogP contribution >= 0.6 is 0 Å². The van der Waals surface area contributed by atoms with Crippen molar-refractivity contribution in [3.05, 3.63) is 34.8 Å². The lowest BCUT2D eigenvalue weighted by atomic mass is 9.43. The highest BCUT2D eigenvalue weighted by molar-refractivity contribution is 5.50. The van der Waals surface area contributed by atoms with Crippen LogP contribution in [0.2, 0.25) is 0 Å². The van der Waals surface area contributed by atoms with Crippen molar-refractivity contribution in [2.45, 2.75) is 118 Å². The number of aliphatic hydroxyl groups excluding tert-OH is 4. The Bertz CT molecular complexity index is 983. The van der Waals surface area contributed by atoms with Crippen LogP contribution < -0.4 is 0 Å². The van der Waals surface area contributed by atoms with E-state index in [0.29, 0.717) is 24.7 Å². The number of aliphatic hydroxyl groups is 5. The van der Waals surface area contributed by atoms with Gasteiger partial charge in [0.2, 0.25) is 0 Å². The maximum Gasteiger partial charge on any atom is 0.161 e. The zero-order valence-electron chi connectivity index (χ0n) is 23.7. The van der Waals surface area contributed by atoms with Gasteiger partial charge in [-0.25, -0.2) is 0 Å². The first kappa shape index (κ1) is 27.7. The van der Waals surface area contributed by atoms with Gasteiger partial charge in [-0.05, 0) is 91.1 Å². The largest absolute Gasteiger partial charge is 0.509 e. The van der Waals surface area contributed by atoms with Gasteiger partial charge in [0, 0.05) is 18.3 Å². The summed E-state index contributed by atoms with van der Waals surface area (Å²) in [4.78, 5) is 0. The van der Waals surface area contributed by atoms with E-state index in [9.17, 15) is 25.5 Å². The maximum atomic E-state index is 11.4. The molecular weight excluding hydrogens is 452 g/mol. The highest BCUT2D eigenvalue weighted by Gasteiger charge is 2.64. The molecule has 0 amide bonds. The van der Waals surface area contributed by atoms with Crippen molar-refractivity contribution in [3.63, 3.8) is 0 Å². The van der Waals surface area contributed by atoms with Crippen LogP contribution in [0.5, 0.6) is 0 Å². The molecule has 0 unspecified atom stereocenters. The van der Waals surface area contributed by atoms with Crippen LogP contribution in [0, 0.1) is 39.4 Å². The molecule has 5 nitrogen and oxygen atoms in total. The third kappa shape index (κ3) is 3.74. The molecule has 8 atom stereocenters. The number of fused-ring (bicyclic) bond motifs is 5. The summed E-state index contributed by atoms with van der Waals surface area (Å²) >= 11 is 0. The normalized spacial score (nSPS) is 43.4. The van der Waals surface area contributed by atoms with Crippen molar-refractivity contribution in [2.75, 3.05) is 0 Å². The summed E-state index contributed by atoms with van der Waals surface area (Å²) in [6.07, 6.45) is 9.38. The fraction of sp³-hybridized carbons (Fsp3) is 0.806. The van der Waals surface area contributed by atoms with Gasteiger partial charge in [0.05, 0.1) is 12.2 Å². The fourth-order valence-electron chi connectivity index (χ4n) is 8.94. The average molecular weight is 503 g/mol. The van der Waals surface area contributed by atoms with Crippen molar-refractivity contribution >= 4 is 0 Å². The van der Waals surface area contributed by atoms with Crippen molar-refractivity contribution in [1.29, 1.82) is 0 Å². The lowest BCUT2D eigenvalue weighted by molar-refractivity contribution is -0.146. The Morgan fingerprint density at radius 3 is 2.28 bits per heavy atom. The molecule has 36 heavy (non-hydrogen) atoms. The second-order valence-corrected chi connectivity index (χ2v) is 14.4.